The van der Waals surface area contributed by atoms with Gasteiger partial charge in [-0.3, -0.25) is 4.98 Å². The number of nitrogens with zero attached hydrogens (tertiary/aromatic N) is 4. The van der Waals surface area contributed by atoms with E-state index in [0.29, 0.717) is 18.1 Å². The summed E-state index contributed by atoms with van der Waals surface area (Å²) in [6, 6.07) is 6.43. The van der Waals surface area contributed by atoms with Gasteiger partial charge in [-0.25, -0.2) is 19.3 Å². The van der Waals surface area contributed by atoms with Gasteiger partial charge in [-0.1, -0.05) is 12.1 Å². The molecule has 3 aromatic heterocycles. The predicted octanol–water partition coefficient (Wildman–Crippen LogP) is 4.52. The van der Waals surface area contributed by atoms with Crippen molar-refractivity contribution in [3.8, 4) is 11.5 Å². The molecule has 0 fully saturated rings. The Morgan fingerprint density at radius 1 is 1.08 bits per heavy atom. The summed E-state index contributed by atoms with van der Waals surface area (Å²) in [6.07, 6.45) is 4.90. The molecule has 0 saturated carbocycles. The predicted molar refractivity (Wildman–Crippen MR) is 102 cm³/mol. The van der Waals surface area contributed by atoms with Gasteiger partial charge in [0.15, 0.2) is 5.82 Å². The van der Waals surface area contributed by atoms with Crippen LogP contribution >= 0.6 is 11.3 Å². The van der Waals surface area contributed by atoms with Gasteiger partial charge in [0.25, 0.3) is 0 Å². The Hall–Kier alpha value is -2.93. The third kappa shape index (κ3) is 3.13. The van der Waals surface area contributed by atoms with Crippen molar-refractivity contribution in [1.82, 2.24) is 19.9 Å². The van der Waals surface area contributed by atoms with Gasteiger partial charge in [-0.2, -0.15) is 0 Å². The van der Waals surface area contributed by atoms with Crippen LogP contribution in [0.2, 0.25) is 0 Å². The molecule has 0 radical (unpaired) electrons. The lowest BCUT2D eigenvalue weighted by molar-refractivity contribution is 0.627. The van der Waals surface area contributed by atoms with Crippen LogP contribution in [0.5, 0.6) is 0 Å². The number of aromatic nitrogens is 4. The van der Waals surface area contributed by atoms with Crippen molar-refractivity contribution in [2.75, 3.05) is 5.32 Å². The first-order valence-corrected chi connectivity index (χ1v) is 8.96. The first-order valence-electron chi connectivity index (χ1n) is 8.14. The minimum absolute atomic E-state index is 0.243. The first kappa shape index (κ1) is 16.5. The maximum Gasteiger partial charge on any atom is 0.183 e. The van der Waals surface area contributed by atoms with Crippen LogP contribution in [0.4, 0.5) is 10.2 Å². The zero-order chi connectivity index (χ0) is 18.1. The normalized spacial score (nSPS) is 11.0. The summed E-state index contributed by atoms with van der Waals surface area (Å²) in [5, 5.41) is 4.39. The number of benzene rings is 1. The van der Waals surface area contributed by atoms with E-state index in [0.717, 1.165) is 27.2 Å². The van der Waals surface area contributed by atoms with Crippen molar-refractivity contribution in [3.05, 3.63) is 64.7 Å². The molecule has 26 heavy (non-hydrogen) atoms. The third-order valence-electron chi connectivity index (χ3n) is 4.19. The van der Waals surface area contributed by atoms with E-state index < -0.39 is 0 Å². The fraction of sp³-hybridized carbons (Fsp3) is 0.158. The molecule has 4 aromatic rings. The molecule has 0 aliphatic carbocycles. The number of fused-ring (bicyclic) bond motifs is 1. The highest BCUT2D eigenvalue weighted by molar-refractivity contribution is 7.18. The molecule has 7 heteroatoms. The Morgan fingerprint density at radius 2 is 1.88 bits per heavy atom. The number of rotatable bonds is 4. The third-order valence-corrected chi connectivity index (χ3v) is 5.30. The number of hydrogen-bond acceptors (Lipinski definition) is 6. The molecule has 0 aliphatic rings. The van der Waals surface area contributed by atoms with Gasteiger partial charge in [-0.15, -0.1) is 11.3 Å². The lowest BCUT2D eigenvalue weighted by Crippen LogP contribution is -2.04. The molecule has 0 aliphatic heterocycles. The number of aryl methyl sites for hydroxylation is 2. The summed E-state index contributed by atoms with van der Waals surface area (Å²) in [4.78, 5) is 19.9. The van der Waals surface area contributed by atoms with Crippen LogP contribution in [-0.4, -0.2) is 19.9 Å². The Kier molecular flexibility index (Phi) is 4.30. The Balaban J connectivity index is 1.76. The van der Waals surface area contributed by atoms with Gasteiger partial charge in [0.2, 0.25) is 0 Å². The summed E-state index contributed by atoms with van der Waals surface area (Å²) in [7, 11) is 0. The minimum Gasteiger partial charge on any atom is -0.365 e. The molecule has 4 rings (SSSR count). The molecular formula is C19H16FN5S. The van der Waals surface area contributed by atoms with Gasteiger partial charge in [0.1, 0.15) is 22.2 Å². The highest BCUT2D eigenvalue weighted by Gasteiger charge is 2.16. The summed E-state index contributed by atoms with van der Waals surface area (Å²) in [6.45, 7) is 4.69. The van der Waals surface area contributed by atoms with Crippen molar-refractivity contribution in [1.29, 1.82) is 0 Å². The van der Waals surface area contributed by atoms with E-state index in [1.807, 2.05) is 0 Å². The minimum atomic E-state index is -0.243. The van der Waals surface area contributed by atoms with E-state index in [1.54, 1.807) is 42.1 Å². The van der Waals surface area contributed by atoms with E-state index in [2.05, 4.69) is 39.1 Å². The standard InChI is InChI=1S/C19H16FN5S/c1-11-12(2)26-19-16(11)18(23-9-13-3-5-14(20)6-4-13)24-17(25-19)15-10-21-7-8-22-15/h3-8,10H,9H2,1-2H3,(H,23,24,25). The number of anilines is 1. The zero-order valence-electron chi connectivity index (χ0n) is 14.3. The molecule has 0 bridgehead atoms. The molecule has 0 spiro atoms. The second kappa shape index (κ2) is 6.76. The Bertz CT molecular complexity index is 1060. The Morgan fingerprint density at radius 3 is 2.62 bits per heavy atom. The van der Waals surface area contributed by atoms with E-state index in [-0.39, 0.29) is 5.82 Å². The summed E-state index contributed by atoms with van der Waals surface area (Å²) in [5.41, 5.74) is 2.77. The van der Waals surface area contributed by atoms with Crippen LogP contribution in [0.1, 0.15) is 16.0 Å². The second-order valence-electron chi connectivity index (χ2n) is 5.93. The number of thiophene rings is 1. The molecular weight excluding hydrogens is 349 g/mol. The van der Waals surface area contributed by atoms with Crippen molar-refractivity contribution < 1.29 is 4.39 Å². The summed E-state index contributed by atoms with van der Waals surface area (Å²) >= 11 is 1.64. The maximum absolute atomic E-state index is 13.1. The number of hydrogen-bond donors (Lipinski definition) is 1. The van der Waals surface area contributed by atoms with Gasteiger partial charge < -0.3 is 5.32 Å². The van der Waals surface area contributed by atoms with Crippen LogP contribution in [0.3, 0.4) is 0 Å². The van der Waals surface area contributed by atoms with E-state index >= 15 is 0 Å². The average molecular weight is 365 g/mol. The van der Waals surface area contributed by atoms with Crippen molar-refractivity contribution >= 4 is 27.4 Å². The molecule has 3 heterocycles. The molecule has 1 N–H and O–H groups in total. The summed E-state index contributed by atoms with van der Waals surface area (Å²) < 4.78 is 13.1. The highest BCUT2D eigenvalue weighted by Crippen LogP contribution is 2.34. The van der Waals surface area contributed by atoms with E-state index in [4.69, 9.17) is 0 Å². The van der Waals surface area contributed by atoms with E-state index in [1.165, 1.54) is 17.0 Å². The van der Waals surface area contributed by atoms with Crippen LogP contribution in [0, 0.1) is 19.7 Å². The SMILES string of the molecule is Cc1sc2nc(-c3cnccn3)nc(NCc3ccc(F)cc3)c2c1C. The van der Waals surface area contributed by atoms with Crippen molar-refractivity contribution in [2.45, 2.75) is 20.4 Å². The average Bonchev–Trinajstić information content (AvgIpc) is 2.96. The fourth-order valence-corrected chi connectivity index (χ4v) is 3.72. The lowest BCUT2D eigenvalue weighted by Gasteiger charge is -2.10. The number of nitrogens with one attached hydrogen (secondary N) is 1. The largest absolute Gasteiger partial charge is 0.365 e. The number of halogens is 1. The van der Waals surface area contributed by atoms with Crippen LogP contribution in [0.25, 0.3) is 21.7 Å². The van der Waals surface area contributed by atoms with Gasteiger partial charge in [0.05, 0.1) is 11.6 Å². The van der Waals surface area contributed by atoms with Crippen LogP contribution in [-0.2, 0) is 6.54 Å². The molecule has 0 saturated heterocycles. The quantitative estimate of drug-likeness (QED) is 0.576. The zero-order valence-corrected chi connectivity index (χ0v) is 15.1. The monoisotopic (exact) mass is 365 g/mol. The summed E-state index contributed by atoms with van der Waals surface area (Å²) in [5.74, 6) is 1.04. The van der Waals surface area contributed by atoms with Crippen LogP contribution < -0.4 is 5.32 Å². The lowest BCUT2D eigenvalue weighted by atomic mass is 10.2. The molecule has 0 atom stereocenters. The van der Waals surface area contributed by atoms with Gasteiger partial charge >= 0.3 is 0 Å². The van der Waals surface area contributed by atoms with Crippen molar-refractivity contribution in [2.24, 2.45) is 0 Å². The smallest absolute Gasteiger partial charge is 0.183 e. The molecule has 0 amide bonds. The maximum atomic E-state index is 13.1. The molecule has 0 unspecified atom stereocenters. The van der Waals surface area contributed by atoms with Gasteiger partial charge in [0, 0.05) is 23.8 Å². The van der Waals surface area contributed by atoms with Gasteiger partial charge in [-0.05, 0) is 37.1 Å². The highest BCUT2D eigenvalue weighted by atomic mass is 32.1. The van der Waals surface area contributed by atoms with Crippen molar-refractivity contribution in [3.63, 3.8) is 0 Å². The topological polar surface area (TPSA) is 63.6 Å². The fourth-order valence-electron chi connectivity index (χ4n) is 2.69. The van der Waals surface area contributed by atoms with Crippen LogP contribution in [0.15, 0.2) is 42.9 Å². The molecule has 1 aromatic carbocycles. The molecule has 5 nitrogen and oxygen atoms in total. The first-order chi connectivity index (χ1) is 12.6. The van der Waals surface area contributed by atoms with E-state index in [9.17, 15) is 4.39 Å². The Labute approximate surface area is 154 Å². The second-order valence-corrected chi connectivity index (χ2v) is 7.13. The molecule has 130 valence electrons.